The second-order valence-electron chi connectivity index (χ2n) is 10.6. The summed E-state index contributed by atoms with van der Waals surface area (Å²) in [6.45, 7) is 9.38. The Bertz CT molecular complexity index is 1350. The van der Waals surface area contributed by atoms with Gasteiger partial charge in [0.15, 0.2) is 0 Å². The summed E-state index contributed by atoms with van der Waals surface area (Å²) in [7, 11) is 1.40. The normalized spacial score (nSPS) is 16.2. The fourth-order valence-electron chi connectivity index (χ4n) is 4.90. The molecule has 2 atom stereocenters. The van der Waals surface area contributed by atoms with Gasteiger partial charge in [-0.3, -0.25) is 4.79 Å². The van der Waals surface area contributed by atoms with E-state index in [2.05, 4.69) is 16.7 Å². The molecule has 2 aromatic carbocycles. The van der Waals surface area contributed by atoms with Crippen molar-refractivity contribution in [2.24, 2.45) is 0 Å². The van der Waals surface area contributed by atoms with Crippen LogP contribution in [-0.4, -0.2) is 53.4 Å². The third kappa shape index (κ3) is 6.10. The third-order valence-electron chi connectivity index (χ3n) is 6.72. The summed E-state index contributed by atoms with van der Waals surface area (Å²) >= 11 is 0. The van der Waals surface area contributed by atoms with Crippen LogP contribution in [0.4, 0.5) is 4.79 Å². The summed E-state index contributed by atoms with van der Waals surface area (Å²) in [5, 5.41) is 10.3. The summed E-state index contributed by atoms with van der Waals surface area (Å²) in [6, 6.07) is 17.4. The van der Waals surface area contributed by atoms with Crippen LogP contribution in [-0.2, 0) is 27.2 Å². The molecule has 8 nitrogen and oxygen atoms in total. The number of amides is 1. The van der Waals surface area contributed by atoms with Crippen molar-refractivity contribution in [3.63, 3.8) is 0 Å². The molecule has 0 saturated carbocycles. The molecule has 0 radical (unpaired) electrons. The molecule has 1 aromatic heterocycles. The van der Waals surface area contributed by atoms with Gasteiger partial charge in [-0.2, -0.15) is 5.26 Å². The third-order valence-corrected chi connectivity index (χ3v) is 6.72. The van der Waals surface area contributed by atoms with E-state index in [1.807, 2.05) is 64.1 Å². The summed E-state index contributed by atoms with van der Waals surface area (Å²) < 4.78 is 18.9. The Morgan fingerprint density at radius 2 is 1.87 bits per heavy atom. The van der Waals surface area contributed by atoms with E-state index in [1.165, 1.54) is 7.11 Å². The second-order valence-corrected chi connectivity index (χ2v) is 10.6. The van der Waals surface area contributed by atoms with Crippen LogP contribution in [0, 0.1) is 11.3 Å². The summed E-state index contributed by atoms with van der Waals surface area (Å²) in [4.78, 5) is 26.9. The second kappa shape index (κ2) is 11.2. The zero-order valence-electron chi connectivity index (χ0n) is 22.7. The molecule has 1 fully saturated rings. The van der Waals surface area contributed by atoms with E-state index in [4.69, 9.17) is 14.2 Å². The quantitative estimate of drug-likeness (QED) is 0.389. The van der Waals surface area contributed by atoms with Crippen molar-refractivity contribution in [2.45, 2.75) is 64.7 Å². The predicted octanol–water partition coefficient (Wildman–Crippen LogP) is 5.42. The Kier molecular flexibility index (Phi) is 7.96. The van der Waals surface area contributed by atoms with Gasteiger partial charge in [0.1, 0.15) is 17.5 Å². The molecule has 1 amide bonds. The predicted molar refractivity (Wildman–Crippen MR) is 144 cm³/mol. The van der Waals surface area contributed by atoms with Crippen molar-refractivity contribution in [2.75, 3.05) is 20.2 Å². The lowest BCUT2D eigenvalue weighted by molar-refractivity contribution is -0.142. The number of rotatable bonds is 7. The number of likely N-dealkylation sites (tertiary alicyclic amines) is 1. The lowest BCUT2D eigenvalue weighted by Gasteiger charge is -2.24. The minimum absolute atomic E-state index is 0.122. The molecular formula is C30H35N3O5. The minimum atomic E-state index is -0.535. The monoisotopic (exact) mass is 517 g/mol. The largest absolute Gasteiger partial charge is 0.489 e. The highest BCUT2D eigenvalue weighted by Crippen LogP contribution is 2.29. The van der Waals surface area contributed by atoms with Crippen molar-refractivity contribution >= 4 is 23.0 Å². The Morgan fingerprint density at radius 1 is 1.13 bits per heavy atom. The van der Waals surface area contributed by atoms with Crippen LogP contribution in [0.5, 0.6) is 5.75 Å². The number of nitrogens with zero attached hydrogens (tertiary/aromatic N) is 3. The van der Waals surface area contributed by atoms with E-state index in [0.717, 1.165) is 35.1 Å². The topological polar surface area (TPSA) is 93.8 Å². The molecule has 0 aliphatic carbocycles. The van der Waals surface area contributed by atoms with Gasteiger partial charge in [0.2, 0.25) is 0 Å². The number of benzene rings is 2. The molecule has 200 valence electrons. The van der Waals surface area contributed by atoms with Gasteiger partial charge in [0.25, 0.3) is 0 Å². The van der Waals surface area contributed by atoms with E-state index in [0.29, 0.717) is 30.8 Å². The highest BCUT2D eigenvalue weighted by atomic mass is 16.6. The Labute approximate surface area is 223 Å². The standard InChI is InChI=1S/C30H35N3O5/c1-6-33-23(16-22-8-7-20(18-31)15-27(22)33)17-26(28(34)36-5)21-9-11-24(12-10-21)37-25-13-14-32(19-25)29(35)38-30(2,3)4/h7-12,15-16,25-26H,6,13-14,17,19H2,1-5H3/t25-,26?/m0/s1. The number of carbonyl (C=O) groups excluding carboxylic acids is 2. The molecule has 4 rings (SSSR count). The van der Waals surface area contributed by atoms with Crippen molar-refractivity contribution < 1.29 is 23.8 Å². The van der Waals surface area contributed by atoms with Crippen molar-refractivity contribution in [1.29, 1.82) is 5.26 Å². The first-order chi connectivity index (χ1) is 18.1. The molecule has 1 unspecified atom stereocenters. The number of nitriles is 1. The number of fused-ring (bicyclic) bond motifs is 1. The van der Waals surface area contributed by atoms with Gasteiger partial charge in [-0.15, -0.1) is 0 Å². The van der Waals surface area contributed by atoms with Gasteiger partial charge in [-0.25, -0.2) is 4.79 Å². The van der Waals surface area contributed by atoms with Gasteiger partial charge in [-0.1, -0.05) is 18.2 Å². The molecule has 1 saturated heterocycles. The fraction of sp³-hybridized carbons (Fsp3) is 0.433. The summed E-state index contributed by atoms with van der Waals surface area (Å²) in [6.07, 6.45) is 0.738. The zero-order chi connectivity index (χ0) is 27.4. The highest BCUT2D eigenvalue weighted by molar-refractivity contribution is 5.84. The van der Waals surface area contributed by atoms with Gasteiger partial charge < -0.3 is 23.7 Å². The van der Waals surface area contributed by atoms with Gasteiger partial charge in [0, 0.05) is 37.1 Å². The molecule has 1 aliphatic heterocycles. The molecule has 0 spiro atoms. The molecule has 38 heavy (non-hydrogen) atoms. The van der Waals surface area contributed by atoms with Crippen LogP contribution >= 0.6 is 0 Å². The lowest BCUT2D eigenvalue weighted by Crippen LogP contribution is -2.36. The maximum Gasteiger partial charge on any atom is 0.410 e. The van der Waals surface area contributed by atoms with Crippen LogP contribution < -0.4 is 4.74 Å². The first kappa shape index (κ1) is 27.1. The molecule has 2 heterocycles. The molecule has 0 bridgehead atoms. The zero-order valence-corrected chi connectivity index (χ0v) is 22.7. The van der Waals surface area contributed by atoms with Gasteiger partial charge in [-0.05, 0) is 69.0 Å². The van der Waals surface area contributed by atoms with Crippen molar-refractivity contribution in [3.8, 4) is 11.8 Å². The van der Waals surface area contributed by atoms with E-state index in [1.54, 1.807) is 11.0 Å². The number of aryl methyl sites for hydroxylation is 1. The van der Waals surface area contributed by atoms with Crippen LogP contribution in [0.25, 0.3) is 10.9 Å². The SMILES string of the molecule is CCn1c(CC(C(=O)OC)c2ccc(O[C@H]3CCN(C(=O)OC(C)(C)C)C3)cc2)cc2ccc(C#N)cc21. The van der Waals surface area contributed by atoms with E-state index >= 15 is 0 Å². The summed E-state index contributed by atoms with van der Waals surface area (Å²) in [5.74, 6) is -0.124. The molecule has 1 aliphatic rings. The number of carbonyl (C=O) groups is 2. The number of ether oxygens (including phenoxy) is 3. The smallest absolute Gasteiger partial charge is 0.410 e. The van der Waals surface area contributed by atoms with Crippen LogP contribution in [0.3, 0.4) is 0 Å². The number of hydrogen-bond acceptors (Lipinski definition) is 6. The van der Waals surface area contributed by atoms with Crippen LogP contribution in [0.1, 0.15) is 56.9 Å². The van der Waals surface area contributed by atoms with Crippen molar-refractivity contribution in [1.82, 2.24) is 9.47 Å². The molecular weight excluding hydrogens is 482 g/mol. The van der Waals surface area contributed by atoms with Crippen LogP contribution in [0.2, 0.25) is 0 Å². The number of aromatic nitrogens is 1. The lowest BCUT2D eigenvalue weighted by atomic mass is 9.94. The fourth-order valence-corrected chi connectivity index (χ4v) is 4.90. The highest BCUT2D eigenvalue weighted by Gasteiger charge is 2.31. The number of methoxy groups -OCH3 is 1. The Morgan fingerprint density at radius 3 is 2.50 bits per heavy atom. The first-order valence-corrected chi connectivity index (χ1v) is 13.0. The maximum atomic E-state index is 12.8. The Balaban J connectivity index is 1.48. The molecule has 3 aromatic rings. The van der Waals surface area contributed by atoms with Gasteiger partial charge in [0.05, 0.1) is 31.2 Å². The average Bonchev–Trinajstić information content (AvgIpc) is 3.50. The minimum Gasteiger partial charge on any atom is -0.489 e. The first-order valence-electron chi connectivity index (χ1n) is 13.0. The number of esters is 1. The van der Waals surface area contributed by atoms with Crippen molar-refractivity contribution in [3.05, 3.63) is 65.4 Å². The van der Waals surface area contributed by atoms with Gasteiger partial charge >= 0.3 is 12.1 Å². The average molecular weight is 518 g/mol. The molecule has 0 N–H and O–H groups in total. The Hall–Kier alpha value is -3.99. The van der Waals surface area contributed by atoms with E-state index in [9.17, 15) is 14.9 Å². The molecule has 8 heteroatoms. The summed E-state index contributed by atoms with van der Waals surface area (Å²) in [5.41, 5.74) is 2.88. The number of hydrogen-bond donors (Lipinski definition) is 0. The maximum absolute atomic E-state index is 12.8. The van der Waals surface area contributed by atoms with E-state index in [-0.39, 0.29) is 18.2 Å². The van der Waals surface area contributed by atoms with Crippen LogP contribution in [0.15, 0.2) is 48.5 Å². The van der Waals surface area contributed by atoms with E-state index < -0.39 is 11.5 Å².